The van der Waals surface area contributed by atoms with Crippen LogP contribution in [0, 0.1) is 24.2 Å². The van der Waals surface area contributed by atoms with Gasteiger partial charge in [-0.1, -0.05) is 82.7 Å². The molecule has 1 saturated carbocycles. The van der Waals surface area contributed by atoms with E-state index in [-0.39, 0.29) is 5.41 Å². The van der Waals surface area contributed by atoms with Crippen molar-refractivity contribution in [2.45, 2.75) is 110 Å². The number of rotatable bonds is 9. The normalized spacial score (nSPS) is 24.6. The molecular formula is C35H54N4O2. The summed E-state index contributed by atoms with van der Waals surface area (Å²) in [7, 11) is 0. The molecule has 1 N–H and O–H groups in total. The monoisotopic (exact) mass is 562 g/mol. The first-order valence-corrected chi connectivity index (χ1v) is 16.4. The van der Waals surface area contributed by atoms with Crippen molar-refractivity contribution < 1.29 is 9.90 Å². The average molecular weight is 563 g/mol. The molecule has 41 heavy (non-hydrogen) atoms. The maximum absolute atomic E-state index is 12.4. The highest BCUT2D eigenvalue weighted by atomic mass is 16.4. The molecule has 0 spiro atoms. The standard InChI is InChI=1S/C35H54N4O2/c1-6-39-32(21-30(36-39)20-26-12-8-7-9-13-26)27-15-17-37(18-16-27)22-29-23-38(33(34(40)41)35(3,4)5)24-31(29)28-14-10-11-25(2)19-28/h10-11,14,19,21,26-27,29,31,33H,6-9,12-13,15-18,20,22-24H2,1-5H3,(H,40,41). The summed E-state index contributed by atoms with van der Waals surface area (Å²) in [5, 5.41) is 15.3. The summed E-state index contributed by atoms with van der Waals surface area (Å²) in [6, 6.07) is 10.9. The van der Waals surface area contributed by atoms with Crippen molar-refractivity contribution in [3.63, 3.8) is 0 Å². The minimum atomic E-state index is -0.697. The zero-order valence-corrected chi connectivity index (χ0v) is 26.3. The number of aromatic nitrogens is 2. The molecule has 2 aromatic rings. The fourth-order valence-corrected chi connectivity index (χ4v) is 8.25. The third-order valence-corrected chi connectivity index (χ3v) is 10.2. The topological polar surface area (TPSA) is 61.6 Å². The van der Waals surface area contributed by atoms with Gasteiger partial charge in [0.1, 0.15) is 6.04 Å². The molecule has 226 valence electrons. The molecule has 0 amide bonds. The van der Waals surface area contributed by atoms with Gasteiger partial charge in [0.2, 0.25) is 0 Å². The largest absolute Gasteiger partial charge is 0.480 e. The average Bonchev–Trinajstić information content (AvgIpc) is 3.52. The molecule has 6 nitrogen and oxygen atoms in total. The maximum atomic E-state index is 12.4. The van der Waals surface area contributed by atoms with Crippen LogP contribution >= 0.6 is 0 Å². The van der Waals surface area contributed by atoms with Crippen molar-refractivity contribution in [1.82, 2.24) is 19.6 Å². The van der Waals surface area contributed by atoms with Crippen LogP contribution in [0.25, 0.3) is 0 Å². The molecule has 6 heteroatoms. The van der Waals surface area contributed by atoms with Crippen LogP contribution in [-0.4, -0.2) is 69.4 Å². The Morgan fingerprint density at radius 1 is 1.05 bits per heavy atom. The predicted octanol–water partition coefficient (Wildman–Crippen LogP) is 6.73. The molecule has 3 heterocycles. The van der Waals surface area contributed by atoms with Gasteiger partial charge in [0.15, 0.2) is 0 Å². The van der Waals surface area contributed by atoms with Crippen LogP contribution in [-0.2, 0) is 17.8 Å². The molecule has 3 aliphatic rings. The van der Waals surface area contributed by atoms with Crippen LogP contribution in [0.2, 0.25) is 0 Å². The van der Waals surface area contributed by atoms with Gasteiger partial charge in [0.05, 0.1) is 5.69 Å². The van der Waals surface area contributed by atoms with E-state index in [1.807, 2.05) is 0 Å². The number of carboxylic acids is 1. The molecule has 0 bridgehead atoms. The Labute approximate surface area is 248 Å². The molecule has 3 atom stereocenters. The number of nitrogens with zero attached hydrogens (tertiary/aromatic N) is 4. The second-order valence-corrected chi connectivity index (χ2v) is 14.5. The van der Waals surface area contributed by atoms with Crippen LogP contribution in [0.3, 0.4) is 0 Å². The number of carbonyl (C=O) groups is 1. The molecule has 1 aromatic carbocycles. The number of aryl methyl sites for hydroxylation is 2. The number of carboxylic acid groups (broad SMARTS) is 1. The van der Waals surface area contributed by atoms with Crippen LogP contribution in [0.15, 0.2) is 30.3 Å². The Hall–Kier alpha value is -2.18. The van der Waals surface area contributed by atoms with Gasteiger partial charge in [-0.15, -0.1) is 0 Å². The number of aliphatic carboxylic acids is 1. The second kappa shape index (κ2) is 13.0. The zero-order chi connectivity index (χ0) is 29.1. The third-order valence-electron chi connectivity index (χ3n) is 10.2. The highest BCUT2D eigenvalue weighted by molar-refractivity contribution is 5.74. The molecular weight excluding hydrogens is 508 g/mol. The fraction of sp³-hybridized carbons (Fsp3) is 0.714. The summed E-state index contributed by atoms with van der Waals surface area (Å²) in [6.45, 7) is 16.5. The van der Waals surface area contributed by atoms with Crippen LogP contribution < -0.4 is 0 Å². The Morgan fingerprint density at radius 2 is 1.78 bits per heavy atom. The van der Waals surface area contributed by atoms with Gasteiger partial charge >= 0.3 is 5.97 Å². The molecule has 3 unspecified atom stereocenters. The molecule has 1 aliphatic carbocycles. The van der Waals surface area contributed by atoms with Gasteiger partial charge in [-0.3, -0.25) is 14.4 Å². The van der Waals surface area contributed by atoms with E-state index >= 15 is 0 Å². The van der Waals surface area contributed by atoms with Crippen molar-refractivity contribution in [3.05, 3.63) is 52.8 Å². The van der Waals surface area contributed by atoms with Gasteiger partial charge in [0, 0.05) is 43.7 Å². The minimum Gasteiger partial charge on any atom is -0.480 e. The van der Waals surface area contributed by atoms with Crippen molar-refractivity contribution >= 4 is 5.97 Å². The molecule has 1 aromatic heterocycles. The summed E-state index contributed by atoms with van der Waals surface area (Å²) in [4.78, 5) is 17.3. The van der Waals surface area contributed by atoms with Gasteiger partial charge < -0.3 is 10.0 Å². The Kier molecular flexibility index (Phi) is 9.60. The highest BCUT2D eigenvalue weighted by Gasteiger charge is 2.44. The summed E-state index contributed by atoms with van der Waals surface area (Å²) < 4.78 is 2.29. The SMILES string of the molecule is CCn1nc(CC2CCCCC2)cc1C1CCN(CC2CN(C(C(=O)O)C(C)(C)C)CC2c2cccc(C)c2)CC1. The van der Waals surface area contributed by atoms with Crippen molar-refractivity contribution in [2.24, 2.45) is 17.3 Å². The summed E-state index contributed by atoms with van der Waals surface area (Å²) in [5.41, 5.74) is 5.10. The number of benzene rings is 1. The first kappa shape index (κ1) is 30.3. The Bertz CT molecular complexity index is 1150. The lowest BCUT2D eigenvalue weighted by Crippen LogP contribution is -2.48. The van der Waals surface area contributed by atoms with E-state index in [9.17, 15) is 9.90 Å². The third kappa shape index (κ3) is 7.25. The molecule has 2 saturated heterocycles. The number of piperidine rings is 1. The van der Waals surface area contributed by atoms with Gasteiger partial charge in [0.25, 0.3) is 0 Å². The molecule has 0 radical (unpaired) electrons. The van der Waals surface area contributed by atoms with E-state index in [1.54, 1.807) is 0 Å². The summed E-state index contributed by atoms with van der Waals surface area (Å²) in [5.74, 6) is 1.51. The number of hydrogen-bond acceptors (Lipinski definition) is 4. The van der Waals surface area contributed by atoms with Crippen molar-refractivity contribution in [1.29, 1.82) is 0 Å². The van der Waals surface area contributed by atoms with Crippen LogP contribution in [0.5, 0.6) is 0 Å². The van der Waals surface area contributed by atoms with E-state index in [4.69, 9.17) is 5.10 Å². The molecule has 2 aliphatic heterocycles. The van der Waals surface area contributed by atoms with Crippen molar-refractivity contribution in [3.8, 4) is 0 Å². The van der Waals surface area contributed by atoms with Gasteiger partial charge in [-0.05, 0) is 75.1 Å². The Balaban J connectivity index is 1.25. The zero-order valence-electron chi connectivity index (χ0n) is 26.3. The molecule has 3 fully saturated rings. The van der Waals surface area contributed by atoms with E-state index in [1.165, 1.54) is 67.5 Å². The lowest BCUT2D eigenvalue weighted by atomic mass is 9.85. The fourth-order valence-electron chi connectivity index (χ4n) is 8.25. The molecule has 5 rings (SSSR count). The lowest BCUT2D eigenvalue weighted by Gasteiger charge is -2.36. The van der Waals surface area contributed by atoms with Gasteiger partial charge in [-0.25, -0.2) is 0 Å². The lowest BCUT2D eigenvalue weighted by molar-refractivity contribution is -0.147. The minimum absolute atomic E-state index is 0.311. The second-order valence-electron chi connectivity index (χ2n) is 14.5. The number of likely N-dealkylation sites (tertiary alicyclic amines) is 2. The van der Waals surface area contributed by atoms with E-state index in [0.717, 1.165) is 51.6 Å². The van der Waals surface area contributed by atoms with E-state index in [0.29, 0.717) is 17.8 Å². The number of hydrogen-bond donors (Lipinski definition) is 1. The highest BCUT2D eigenvalue weighted by Crippen LogP contribution is 2.39. The summed E-state index contributed by atoms with van der Waals surface area (Å²) in [6.07, 6.45) is 10.5. The quantitative estimate of drug-likeness (QED) is 0.367. The first-order valence-electron chi connectivity index (χ1n) is 16.4. The smallest absolute Gasteiger partial charge is 0.321 e. The van der Waals surface area contributed by atoms with E-state index in [2.05, 4.69) is 79.4 Å². The van der Waals surface area contributed by atoms with Crippen LogP contribution in [0.4, 0.5) is 0 Å². The van der Waals surface area contributed by atoms with Gasteiger partial charge in [-0.2, -0.15) is 5.10 Å². The van der Waals surface area contributed by atoms with Crippen LogP contribution in [0.1, 0.15) is 107 Å². The summed E-state index contributed by atoms with van der Waals surface area (Å²) >= 11 is 0. The predicted molar refractivity (Wildman–Crippen MR) is 166 cm³/mol. The first-order chi connectivity index (χ1) is 19.6. The maximum Gasteiger partial charge on any atom is 0.321 e. The Morgan fingerprint density at radius 3 is 2.41 bits per heavy atom. The van der Waals surface area contributed by atoms with E-state index < -0.39 is 12.0 Å². The van der Waals surface area contributed by atoms with Crippen molar-refractivity contribution in [2.75, 3.05) is 32.7 Å².